The van der Waals surface area contributed by atoms with Crippen molar-refractivity contribution >= 4 is 11.7 Å². The van der Waals surface area contributed by atoms with Gasteiger partial charge < -0.3 is 15.0 Å². The minimum Gasteiger partial charge on any atom is -0.492 e. The summed E-state index contributed by atoms with van der Waals surface area (Å²) in [5.74, 6) is 0.711. The first-order chi connectivity index (χ1) is 12.3. The molecule has 0 saturated carbocycles. The lowest BCUT2D eigenvalue weighted by Crippen LogP contribution is -2.48. The number of amides is 2. The number of aromatic nitrogens is 3. The van der Waals surface area contributed by atoms with Gasteiger partial charge in [0.15, 0.2) is 0 Å². The van der Waals surface area contributed by atoms with Gasteiger partial charge in [-0.3, -0.25) is 0 Å². The average molecular weight is 341 g/mol. The molecule has 1 aromatic heterocycles. The van der Waals surface area contributed by atoms with Crippen LogP contribution in [0.3, 0.4) is 0 Å². The third kappa shape index (κ3) is 3.06. The zero-order valence-electron chi connectivity index (χ0n) is 14.3. The van der Waals surface area contributed by atoms with Gasteiger partial charge in [0.1, 0.15) is 18.4 Å². The van der Waals surface area contributed by atoms with Crippen molar-refractivity contribution in [2.24, 2.45) is 0 Å². The summed E-state index contributed by atoms with van der Waals surface area (Å²) >= 11 is 0. The van der Waals surface area contributed by atoms with Crippen molar-refractivity contribution in [3.63, 3.8) is 0 Å². The first-order valence-electron chi connectivity index (χ1n) is 8.91. The molecule has 2 aliphatic heterocycles. The molecule has 3 heterocycles. The number of anilines is 1. The van der Waals surface area contributed by atoms with Crippen molar-refractivity contribution < 1.29 is 9.53 Å². The van der Waals surface area contributed by atoms with Gasteiger partial charge in [0.25, 0.3) is 0 Å². The van der Waals surface area contributed by atoms with Crippen molar-refractivity contribution in [3.8, 4) is 5.75 Å². The number of benzene rings is 1. The van der Waals surface area contributed by atoms with Crippen molar-refractivity contribution in [1.82, 2.24) is 19.7 Å². The maximum Gasteiger partial charge on any atom is 0.322 e. The van der Waals surface area contributed by atoms with E-state index in [1.807, 2.05) is 40.8 Å². The van der Waals surface area contributed by atoms with E-state index in [0.717, 1.165) is 31.4 Å². The highest BCUT2D eigenvalue weighted by molar-refractivity contribution is 5.91. The Morgan fingerprint density at radius 2 is 2.00 bits per heavy atom. The Kier molecular flexibility index (Phi) is 4.29. The molecule has 1 aromatic carbocycles. The van der Waals surface area contributed by atoms with Crippen LogP contribution in [0.1, 0.15) is 38.6 Å². The molecule has 0 spiro atoms. The second kappa shape index (κ2) is 6.74. The van der Waals surface area contributed by atoms with E-state index in [0.29, 0.717) is 18.4 Å². The number of urea groups is 1. The van der Waals surface area contributed by atoms with Gasteiger partial charge >= 0.3 is 6.03 Å². The predicted molar refractivity (Wildman–Crippen MR) is 93.6 cm³/mol. The minimum atomic E-state index is -0.0308. The number of carbonyl (C=O) groups excluding carboxylic acids is 1. The zero-order chi connectivity index (χ0) is 17.2. The summed E-state index contributed by atoms with van der Waals surface area (Å²) < 4.78 is 7.54. The second-order valence-corrected chi connectivity index (χ2v) is 6.65. The first kappa shape index (κ1) is 15.9. The van der Waals surface area contributed by atoms with E-state index in [1.54, 1.807) is 12.7 Å². The molecule has 2 saturated heterocycles. The van der Waals surface area contributed by atoms with Crippen LogP contribution in [0.15, 0.2) is 36.9 Å². The summed E-state index contributed by atoms with van der Waals surface area (Å²) in [7, 11) is 0. The van der Waals surface area contributed by atoms with E-state index in [4.69, 9.17) is 4.74 Å². The number of hydrogen-bond donors (Lipinski definition) is 1. The number of fused-ring (bicyclic) bond motifs is 2. The topological polar surface area (TPSA) is 72.3 Å². The molecule has 2 aromatic rings. The van der Waals surface area contributed by atoms with Crippen molar-refractivity contribution in [1.29, 1.82) is 0 Å². The number of para-hydroxylation sites is 2. The maximum absolute atomic E-state index is 12.9. The molecule has 1 N–H and O–H groups in total. The highest BCUT2D eigenvalue weighted by Gasteiger charge is 2.44. The molecule has 2 atom stereocenters. The molecule has 132 valence electrons. The standard InChI is InChI=1S/C18H23N5O2/c1-2-25-17-6-4-3-5-16(17)21-18(24)23-13-7-8-14(23)10-15(9-13)22-12-19-11-20-22/h3-6,11-15H,2,7-10H2,1H3,(H,21,24). The maximum atomic E-state index is 12.9. The lowest BCUT2D eigenvalue weighted by Gasteiger charge is -2.38. The number of nitrogens with zero attached hydrogens (tertiary/aromatic N) is 4. The number of nitrogens with one attached hydrogen (secondary N) is 1. The van der Waals surface area contributed by atoms with Crippen LogP contribution in [0.5, 0.6) is 5.75 Å². The number of hydrogen-bond acceptors (Lipinski definition) is 4. The summed E-state index contributed by atoms with van der Waals surface area (Å²) in [4.78, 5) is 19.0. The van der Waals surface area contributed by atoms with Crippen LogP contribution in [0.4, 0.5) is 10.5 Å². The number of rotatable bonds is 4. The lowest BCUT2D eigenvalue weighted by atomic mass is 9.98. The van der Waals surface area contributed by atoms with Crippen LogP contribution in [0.25, 0.3) is 0 Å². The third-order valence-corrected chi connectivity index (χ3v) is 5.18. The lowest BCUT2D eigenvalue weighted by molar-refractivity contribution is 0.129. The van der Waals surface area contributed by atoms with Gasteiger partial charge in [-0.2, -0.15) is 5.10 Å². The monoisotopic (exact) mass is 341 g/mol. The Morgan fingerprint density at radius 3 is 2.68 bits per heavy atom. The first-order valence-corrected chi connectivity index (χ1v) is 8.91. The van der Waals surface area contributed by atoms with Crippen LogP contribution >= 0.6 is 0 Å². The summed E-state index contributed by atoms with van der Waals surface area (Å²) in [6.07, 6.45) is 7.32. The fraction of sp³-hybridized carbons (Fsp3) is 0.500. The van der Waals surface area contributed by atoms with Crippen LogP contribution in [-0.4, -0.2) is 44.4 Å². The summed E-state index contributed by atoms with van der Waals surface area (Å²) in [5, 5.41) is 7.32. The molecule has 0 aliphatic carbocycles. The van der Waals surface area contributed by atoms with E-state index in [1.165, 1.54) is 0 Å². The Morgan fingerprint density at radius 1 is 1.24 bits per heavy atom. The molecular weight excluding hydrogens is 318 g/mol. The van der Waals surface area contributed by atoms with E-state index in [2.05, 4.69) is 15.4 Å². The Bertz CT molecular complexity index is 719. The molecule has 2 bridgehead atoms. The summed E-state index contributed by atoms with van der Waals surface area (Å²) in [6, 6.07) is 8.39. The van der Waals surface area contributed by atoms with Gasteiger partial charge in [-0.25, -0.2) is 14.5 Å². The summed E-state index contributed by atoms with van der Waals surface area (Å²) in [6.45, 7) is 2.51. The number of carbonyl (C=O) groups is 1. The fourth-order valence-electron chi connectivity index (χ4n) is 4.13. The molecule has 25 heavy (non-hydrogen) atoms. The van der Waals surface area contributed by atoms with Crippen molar-refractivity contribution in [2.45, 2.75) is 50.7 Å². The summed E-state index contributed by atoms with van der Waals surface area (Å²) in [5.41, 5.74) is 0.729. The van der Waals surface area contributed by atoms with Gasteiger partial charge in [-0.1, -0.05) is 12.1 Å². The molecule has 2 amide bonds. The molecule has 2 fully saturated rings. The van der Waals surface area contributed by atoms with Gasteiger partial charge in [0.2, 0.25) is 0 Å². The van der Waals surface area contributed by atoms with E-state index in [-0.39, 0.29) is 18.1 Å². The SMILES string of the molecule is CCOc1ccccc1NC(=O)N1C2CCC1CC(n1cncn1)C2. The highest BCUT2D eigenvalue weighted by Crippen LogP contribution is 2.41. The van der Waals surface area contributed by atoms with E-state index < -0.39 is 0 Å². The van der Waals surface area contributed by atoms with Gasteiger partial charge in [0.05, 0.1) is 18.3 Å². The fourth-order valence-corrected chi connectivity index (χ4v) is 4.13. The molecule has 2 unspecified atom stereocenters. The zero-order valence-corrected chi connectivity index (χ0v) is 14.3. The normalized spacial score (nSPS) is 25.0. The third-order valence-electron chi connectivity index (χ3n) is 5.18. The molecular formula is C18H23N5O2. The molecule has 0 radical (unpaired) electrons. The molecule has 4 rings (SSSR count). The van der Waals surface area contributed by atoms with Crippen LogP contribution < -0.4 is 10.1 Å². The van der Waals surface area contributed by atoms with Crippen molar-refractivity contribution in [3.05, 3.63) is 36.9 Å². The Labute approximate surface area is 147 Å². The van der Waals surface area contributed by atoms with Crippen LogP contribution in [-0.2, 0) is 0 Å². The minimum absolute atomic E-state index is 0.0308. The van der Waals surface area contributed by atoms with E-state index in [9.17, 15) is 4.79 Å². The average Bonchev–Trinajstić information content (AvgIpc) is 3.24. The van der Waals surface area contributed by atoms with Crippen LogP contribution in [0, 0.1) is 0 Å². The van der Waals surface area contributed by atoms with Gasteiger partial charge in [-0.05, 0) is 44.7 Å². The number of piperidine rings is 1. The quantitative estimate of drug-likeness (QED) is 0.927. The number of ether oxygens (including phenoxy) is 1. The Balaban J connectivity index is 1.47. The van der Waals surface area contributed by atoms with Crippen molar-refractivity contribution in [2.75, 3.05) is 11.9 Å². The predicted octanol–water partition coefficient (Wildman–Crippen LogP) is 3.08. The molecule has 7 nitrogen and oxygen atoms in total. The largest absolute Gasteiger partial charge is 0.492 e. The van der Waals surface area contributed by atoms with Crippen LogP contribution in [0.2, 0.25) is 0 Å². The van der Waals surface area contributed by atoms with Gasteiger partial charge in [0, 0.05) is 12.1 Å². The van der Waals surface area contributed by atoms with Gasteiger partial charge in [-0.15, -0.1) is 0 Å². The highest BCUT2D eigenvalue weighted by atomic mass is 16.5. The Hall–Kier alpha value is -2.57. The molecule has 2 aliphatic rings. The molecule has 7 heteroatoms. The second-order valence-electron chi connectivity index (χ2n) is 6.65. The van der Waals surface area contributed by atoms with E-state index >= 15 is 0 Å². The smallest absolute Gasteiger partial charge is 0.322 e.